The number of aryl methyl sites for hydroxylation is 2. The van der Waals surface area contributed by atoms with Gasteiger partial charge in [0.2, 0.25) is 0 Å². The summed E-state index contributed by atoms with van der Waals surface area (Å²) in [5.74, 6) is -0.258. The Hall–Kier alpha value is -1.59. The number of ether oxygens (including phenoxy) is 1. The maximum Gasteiger partial charge on any atom is 0.165 e. The maximum atomic E-state index is 13.9. The lowest BCUT2D eigenvalue weighted by atomic mass is 10.1. The van der Waals surface area contributed by atoms with Gasteiger partial charge in [-0.05, 0) is 31.5 Å². The van der Waals surface area contributed by atoms with E-state index in [1.807, 2.05) is 6.92 Å². The minimum atomic E-state index is -0.433. The van der Waals surface area contributed by atoms with Crippen molar-refractivity contribution in [2.45, 2.75) is 26.5 Å². The van der Waals surface area contributed by atoms with E-state index in [1.54, 1.807) is 30.8 Å². The van der Waals surface area contributed by atoms with Crippen LogP contribution in [0.4, 0.5) is 4.39 Å². The SMILES string of the molecule is Cc1nn(C)c(Cl)c1COc1ccc([C@@H](C)N)cc1F. The van der Waals surface area contributed by atoms with Gasteiger partial charge in [0.25, 0.3) is 0 Å². The highest BCUT2D eigenvalue weighted by molar-refractivity contribution is 6.30. The van der Waals surface area contributed by atoms with Crippen LogP contribution in [0.15, 0.2) is 18.2 Å². The molecule has 0 aliphatic carbocycles. The number of hydrogen-bond donors (Lipinski definition) is 1. The molecule has 0 unspecified atom stereocenters. The lowest BCUT2D eigenvalue weighted by Crippen LogP contribution is -2.06. The molecular weight excluding hydrogens is 281 g/mol. The molecule has 0 radical (unpaired) electrons. The summed E-state index contributed by atoms with van der Waals surface area (Å²) in [6.45, 7) is 3.81. The number of nitrogens with zero attached hydrogens (tertiary/aromatic N) is 2. The van der Waals surface area contributed by atoms with Gasteiger partial charge in [0, 0.05) is 18.7 Å². The molecule has 1 aromatic heterocycles. The third kappa shape index (κ3) is 2.94. The Morgan fingerprint density at radius 2 is 2.20 bits per heavy atom. The summed E-state index contributed by atoms with van der Waals surface area (Å²) in [6.07, 6.45) is 0. The zero-order valence-corrected chi connectivity index (χ0v) is 12.4. The highest BCUT2D eigenvalue weighted by atomic mass is 35.5. The third-order valence-corrected chi connectivity index (χ3v) is 3.60. The molecule has 0 saturated carbocycles. The van der Waals surface area contributed by atoms with Crippen molar-refractivity contribution in [2.24, 2.45) is 12.8 Å². The largest absolute Gasteiger partial charge is 0.486 e. The predicted molar refractivity (Wildman–Crippen MR) is 76.3 cm³/mol. The van der Waals surface area contributed by atoms with E-state index in [2.05, 4.69) is 5.10 Å². The van der Waals surface area contributed by atoms with E-state index in [-0.39, 0.29) is 18.4 Å². The molecule has 0 saturated heterocycles. The van der Waals surface area contributed by atoms with Gasteiger partial charge in [-0.2, -0.15) is 5.10 Å². The fraction of sp³-hybridized carbons (Fsp3) is 0.357. The minimum absolute atomic E-state index is 0.174. The average Bonchev–Trinajstić information content (AvgIpc) is 2.62. The fourth-order valence-electron chi connectivity index (χ4n) is 1.91. The van der Waals surface area contributed by atoms with E-state index in [1.165, 1.54) is 6.07 Å². The van der Waals surface area contributed by atoms with Gasteiger partial charge in [-0.25, -0.2) is 4.39 Å². The smallest absolute Gasteiger partial charge is 0.165 e. The first-order valence-corrected chi connectivity index (χ1v) is 6.63. The van der Waals surface area contributed by atoms with Crippen molar-refractivity contribution in [3.8, 4) is 5.75 Å². The van der Waals surface area contributed by atoms with Crippen LogP contribution in [0.3, 0.4) is 0 Å². The number of benzene rings is 1. The van der Waals surface area contributed by atoms with Gasteiger partial charge in [-0.3, -0.25) is 4.68 Å². The Kier molecular flexibility index (Phi) is 4.30. The monoisotopic (exact) mass is 297 g/mol. The summed E-state index contributed by atoms with van der Waals surface area (Å²) < 4.78 is 20.9. The Morgan fingerprint density at radius 3 is 2.70 bits per heavy atom. The summed E-state index contributed by atoms with van der Waals surface area (Å²) in [5, 5.41) is 4.67. The topological polar surface area (TPSA) is 53.1 Å². The zero-order chi connectivity index (χ0) is 14.9. The number of nitrogens with two attached hydrogens (primary N) is 1. The average molecular weight is 298 g/mol. The molecule has 0 aliphatic heterocycles. The highest BCUT2D eigenvalue weighted by Crippen LogP contribution is 2.24. The Bertz CT molecular complexity index is 625. The van der Waals surface area contributed by atoms with Crippen molar-refractivity contribution < 1.29 is 9.13 Å². The molecule has 108 valence electrons. The lowest BCUT2D eigenvalue weighted by Gasteiger charge is -2.10. The van der Waals surface area contributed by atoms with Crippen molar-refractivity contribution >= 4 is 11.6 Å². The Morgan fingerprint density at radius 1 is 1.50 bits per heavy atom. The van der Waals surface area contributed by atoms with Crippen LogP contribution in [0.5, 0.6) is 5.75 Å². The second-order valence-corrected chi connectivity index (χ2v) is 5.10. The van der Waals surface area contributed by atoms with Crippen molar-refractivity contribution in [1.29, 1.82) is 0 Å². The Labute approximate surface area is 122 Å². The zero-order valence-electron chi connectivity index (χ0n) is 11.7. The molecule has 1 heterocycles. The van der Waals surface area contributed by atoms with Crippen LogP contribution >= 0.6 is 11.6 Å². The molecule has 1 atom stereocenters. The molecule has 20 heavy (non-hydrogen) atoms. The molecule has 2 aromatic rings. The highest BCUT2D eigenvalue weighted by Gasteiger charge is 2.13. The van der Waals surface area contributed by atoms with Crippen LogP contribution < -0.4 is 10.5 Å². The lowest BCUT2D eigenvalue weighted by molar-refractivity contribution is 0.289. The number of hydrogen-bond acceptors (Lipinski definition) is 3. The number of halogens is 2. The van der Waals surface area contributed by atoms with E-state index in [0.717, 1.165) is 16.8 Å². The van der Waals surface area contributed by atoms with Crippen molar-refractivity contribution in [2.75, 3.05) is 0 Å². The first-order chi connectivity index (χ1) is 9.40. The molecule has 6 heteroatoms. The van der Waals surface area contributed by atoms with Crippen molar-refractivity contribution in [1.82, 2.24) is 9.78 Å². The summed E-state index contributed by atoms with van der Waals surface area (Å²) in [7, 11) is 1.75. The minimum Gasteiger partial charge on any atom is -0.486 e. The van der Waals surface area contributed by atoms with Gasteiger partial charge in [0.05, 0.1) is 5.69 Å². The molecule has 0 bridgehead atoms. The van der Waals surface area contributed by atoms with Crippen LogP contribution in [0, 0.1) is 12.7 Å². The van der Waals surface area contributed by atoms with Crippen molar-refractivity contribution in [3.63, 3.8) is 0 Å². The van der Waals surface area contributed by atoms with Crippen LogP contribution in [-0.2, 0) is 13.7 Å². The Balaban J connectivity index is 2.15. The van der Waals surface area contributed by atoms with Crippen LogP contribution in [-0.4, -0.2) is 9.78 Å². The molecule has 1 aromatic carbocycles. The molecule has 0 aliphatic rings. The number of rotatable bonds is 4. The third-order valence-electron chi connectivity index (χ3n) is 3.12. The summed E-state index contributed by atoms with van der Waals surface area (Å²) in [5.41, 5.74) is 7.95. The molecule has 2 rings (SSSR count). The normalized spacial score (nSPS) is 12.5. The van der Waals surface area contributed by atoms with E-state index in [0.29, 0.717) is 5.15 Å². The van der Waals surface area contributed by atoms with Crippen LogP contribution in [0.2, 0.25) is 5.15 Å². The fourth-order valence-corrected chi connectivity index (χ4v) is 2.13. The van der Waals surface area contributed by atoms with E-state index in [9.17, 15) is 4.39 Å². The van der Waals surface area contributed by atoms with E-state index >= 15 is 0 Å². The van der Waals surface area contributed by atoms with Gasteiger partial charge >= 0.3 is 0 Å². The summed E-state index contributed by atoms with van der Waals surface area (Å²) in [4.78, 5) is 0. The predicted octanol–water partition coefficient (Wildman–Crippen LogP) is 3.12. The molecule has 0 amide bonds. The van der Waals surface area contributed by atoms with Crippen LogP contribution in [0.1, 0.15) is 29.8 Å². The maximum absolute atomic E-state index is 13.9. The van der Waals surface area contributed by atoms with Crippen LogP contribution in [0.25, 0.3) is 0 Å². The molecule has 4 nitrogen and oxygen atoms in total. The molecule has 0 spiro atoms. The summed E-state index contributed by atoms with van der Waals surface area (Å²) in [6, 6.07) is 4.50. The second-order valence-electron chi connectivity index (χ2n) is 4.75. The van der Waals surface area contributed by atoms with Crippen molar-refractivity contribution in [3.05, 3.63) is 46.0 Å². The molecular formula is C14H17ClFN3O. The number of aromatic nitrogens is 2. The summed E-state index contributed by atoms with van der Waals surface area (Å²) >= 11 is 6.10. The first-order valence-electron chi connectivity index (χ1n) is 6.26. The first kappa shape index (κ1) is 14.8. The van der Waals surface area contributed by atoms with Gasteiger partial charge in [0.1, 0.15) is 11.8 Å². The van der Waals surface area contributed by atoms with Gasteiger partial charge in [0.15, 0.2) is 11.6 Å². The quantitative estimate of drug-likeness (QED) is 0.943. The van der Waals surface area contributed by atoms with Gasteiger partial charge < -0.3 is 10.5 Å². The van der Waals surface area contributed by atoms with Gasteiger partial charge in [-0.15, -0.1) is 0 Å². The second kappa shape index (κ2) is 5.81. The van der Waals surface area contributed by atoms with Gasteiger partial charge in [-0.1, -0.05) is 17.7 Å². The van der Waals surface area contributed by atoms with E-state index in [4.69, 9.17) is 22.1 Å². The van der Waals surface area contributed by atoms with E-state index < -0.39 is 5.82 Å². The standard InChI is InChI=1S/C14H17ClFN3O/c1-8(17)10-4-5-13(12(16)6-10)20-7-11-9(2)18-19(3)14(11)15/h4-6,8H,7,17H2,1-3H3/t8-/m1/s1. The molecule has 0 fully saturated rings. The molecule has 2 N–H and O–H groups in total.